The number of nitrogens with zero attached hydrogens (tertiary/aromatic N) is 4. The van der Waals surface area contributed by atoms with Gasteiger partial charge in [-0.05, 0) is 44.9 Å². The van der Waals surface area contributed by atoms with Gasteiger partial charge in [0.25, 0.3) is 5.56 Å². The standard InChI is InChI=1S/C24H34N6O4S/c1-5-8-21-25-17(4)22-24(31)26-23(27-30(21)22)19-16-18(9-10-20(19)34-7-3)35(32,33)29-14-12-28(11-6-2)13-15-29/h9-10,16H,5-8,11-15H2,1-4H3,(H,26,27,31)/p+1. The Labute approximate surface area is 206 Å². The first kappa shape index (κ1) is 25.3. The normalized spacial score (nSPS) is 15.7. The maximum atomic E-state index is 13.5. The third kappa shape index (κ3) is 4.98. The number of piperazine rings is 1. The summed E-state index contributed by atoms with van der Waals surface area (Å²) in [5.74, 6) is 1.40. The molecule has 0 unspecified atom stereocenters. The minimum Gasteiger partial charge on any atom is -0.493 e. The van der Waals surface area contributed by atoms with Gasteiger partial charge < -0.3 is 14.6 Å². The summed E-state index contributed by atoms with van der Waals surface area (Å²) in [5.41, 5.74) is 1.11. The lowest BCUT2D eigenvalue weighted by molar-refractivity contribution is -0.903. The molecule has 0 saturated carbocycles. The SMILES string of the molecule is CCCc1nc(C)c2c(=O)[nH]c(-c3cc(S(=O)(=O)N4CC[NH+](CCC)CC4)ccc3OCC)nn12. The van der Waals surface area contributed by atoms with Gasteiger partial charge in [-0.2, -0.15) is 4.31 Å². The van der Waals surface area contributed by atoms with Crippen LogP contribution in [0.1, 0.15) is 45.1 Å². The molecule has 0 radical (unpaired) electrons. The molecule has 10 nitrogen and oxygen atoms in total. The molecule has 1 fully saturated rings. The molecule has 1 aromatic carbocycles. The molecular formula is C24H35N6O4S+. The van der Waals surface area contributed by atoms with E-state index in [1.165, 1.54) is 4.90 Å². The fourth-order valence-electron chi connectivity index (χ4n) is 4.67. The summed E-state index contributed by atoms with van der Waals surface area (Å²) < 4.78 is 35.9. The van der Waals surface area contributed by atoms with E-state index in [2.05, 4.69) is 22.0 Å². The predicted molar refractivity (Wildman–Crippen MR) is 134 cm³/mol. The van der Waals surface area contributed by atoms with Crippen LogP contribution in [0.4, 0.5) is 0 Å². The Morgan fingerprint density at radius 2 is 1.89 bits per heavy atom. The summed E-state index contributed by atoms with van der Waals surface area (Å²) in [5, 5.41) is 4.66. The molecule has 11 heteroatoms. The number of imidazole rings is 1. The van der Waals surface area contributed by atoms with E-state index in [4.69, 9.17) is 4.74 Å². The Morgan fingerprint density at radius 3 is 2.54 bits per heavy atom. The van der Waals surface area contributed by atoms with E-state index >= 15 is 0 Å². The molecule has 0 amide bonds. The van der Waals surface area contributed by atoms with Crippen LogP contribution in [0.3, 0.4) is 0 Å². The van der Waals surface area contributed by atoms with Crippen LogP contribution in [0.2, 0.25) is 0 Å². The topological polar surface area (TPSA) is 114 Å². The zero-order valence-electron chi connectivity index (χ0n) is 20.9. The first-order chi connectivity index (χ1) is 16.8. The second-order valence-corrected chi connectivity index (χ2v) is 10.9. The van der Waals surface area contributed by atoms with Gasteiger partial charge in [0.15, 0.2) is 11.3 Å². The molecule has 1 saturated heterocycles. The van der Waals surface area contributed by atoms with Crippen molar-refractivity contribution in [3.05, 3.63) is 40.1 Å². The molecule has 1 aliphatic heterocycles. The van der Waals surface area contributed by atoms with Gasteiger partial charge in [-0.25, -0.2) is 17.9 Å². The minimum atomic E-state index is -3.70. The maximum Gasteiger partial charge on any atom is 0.277 e. The van der Waals surface area contributed by atoms with E-state index in [1.807, 2.05) is 13.8 Å². The van der Waals surface area contributed by atoms with Crippen molar-refractivity contribution < 1.29 is 18.1 Å². The van der Waals surface area contributed by atoms with Crippen molar-refractivity contribution in [2.24, 2.45) is 0 Å². The van der Waals surface area contributed by atoms with Gasteiger partial charge in [0.05, 0.1) is 55.5 Å². The number of ether oxygens (including phenoxy) is 1. The van der Waals surface area contributed by atoms with Gasteiger partial charge in [0.2, 0.25) is 10.0 Å². The molecule has 0 bridgehead atoms. The van der Waals surface area contributed by atoms with Crippen LogP contribution in [0.25, 0.3) is 16.9 Å². The van der Waals surface area contributed by atoms with Crippen molar-refractivity contribution in [3.63, 3.8) is 0 Å². The molecule has 4 rings (SSSR count). The molecule has 35 heavy (non-hydrogen) atoms. The largest absolute Gasteiger partial charge is 0.493 e. The summed E-state index contributed by atoms with van der Waals surface area (Å²) in [6.07, 6.45) is 2.60. The zero-order chi connectivity index (χ0) is 25.2. The van der Waals surface area contributed by atoms with Crippen LogP contribution < -0.4 is 15.2 Å². The van der Waals surface area contributed by atoms with Crippen molar-refractivity contribution in [2.75, 3.05) is 39.3 Å². The second kappa shape index (κ2) is 10.5. The number of nitrogens with one attached hydrogen (secondary N) is 2. The highest BCUT2D eigenvalue weighted by Gasteiger charge is 2.31. The monoisotopic (exact) mass is 503 g/mol. The van der Waals surface area contributed by atoms with E-state index in [0.717, 1.165) is 32.5 Å². The Hall–Kier alpha value is -2.76. The Kier molecular flexibility index (Phi) is 7.58. The first-order valence-electron chi connectivity index (χ1n) is 12.4. The molecule has 2 aromatic heterocycles. The molecule has 1 aliphatic rings. The number of benzene rings is 1. The number of aromatic amines is 1. The number of quaternary nitrogens is 1. The lowest BCUT2D eigenvalue weighted by Crippen LogP contribution is -3.14. The number of hydrogen-bond acceptors (Lipinski definition) is 6. The molecule has 0 spiro atoms. The number of fused-ring (bicyclic) bond motifs is 1. The molecule has 0 aliphatic carbocycles. The van der Waals surface area contributed by atoms with Crippen molar-refractivity contribution in [3.8, 4) is 17.1 Å². The minimum absolute atomic E-state index is 0.160. The lowest BCUT2D eigenvalue weighted by Gasteiger charge is -2.31. The molecule has 3 aromatic rings. The van der Waals surface area contributed by atoms with Gasteiger partial charge in [-0.1, -0.05) is 13.8 Å². The third-order valence-electron chi connectivity index (χ3n) is 6.39. The average Bonchev–Trinajstić information content (AvgIpc) is 3.15. The zero-order valence-corrected chi connectivity index (χ0v) is 21.7. The fraction of sp³-hybridized carbons (Fsp3) is 0.542. The predicted octanol–water partition coefficient (Wildman–Crippen LogP) is 1.04. The Morgan fingerprint density at radius 1 is 1.14 bits per heavy atom. The number of sulfonamides is 1. The van der Waals surface area contributed by atoms with E-state index in [1.54, 1.807) is 33.9 Å². The molecule has 2 N–H and O–H groups in total. The Bertz CT molecular complexity index is 1360. The second-order valence-electron chi connectivity index (χ2n) is 8.92. The van der Waals surface area contributed by atoms with E-state index in [0.29, 0.717) is 54.5 Å². The van der Waals surface area contributed by atoms with Crippen molar-refractivity contribution in [2.45, 2.75) is 51.9 Å². The number of rotatable bonds is 9. The highest BCUT2D eigenvalue weighted by Crippen LogP contribution is 2.31. The summed E-state index contributed by atoms with van der Waals surface area (Å²) in [6, 6.07) is 4.76. The van der Waals surface area contributed by atoms with Crippen LogP contribution in [0.5, 0.6) is 5.75 Å². The van der Waals surface area contributed by atoms with Gasteiger partial charge >= 0.3 is 0 Å². The highest BCUT2D eigenvalue weighted by atomic mass is 32.2. The summed E-state index contributed by atoms with van der Waals surface area (Å²) >= 11 is 0. The number of H-pyrrole nitrogens is 1. The van der Waals surface area contributed by atoms with E-state index in [9.17, 15) is 13.2 Å². The molecule has 190 valence electrons. The smallest absolute Gasteiger partial charge is 0.277 e. The quantitative estimate of drug-likeness (QED) is 0.451. The van der Waals surface area contributed by atoms with Gasteiger partial charge in [0.1, 0.15) is 11.6 Å². The number of hydrogen-bond donors (Lipinski definition) is 2. The van der Waals surface area contributed by atoms with Crippen LogP contribution >= 0.6 is 0 Å². The van der Waals surface area contributed by atoms with Crippen molar-refractivity contribution in [1.82, 2.24) is 23.9 Å². The van der Waals surface area contributed by atoms with Crippen molar-refractivity contribution >= 4 is 15.5 Å². The highest BCUT2D eigenvalue weighted by molar-refractivity contribution is 7.89. The first-order valence-corrected chi connectivity index (χ1v) is 13.8. The molecule has 3 heterocycles. The average molecular weight is 504 g/mol. The van der Waals surface area contributed by atoms with Crippen LogP contribution in [-0.2, 0) is 16.4 Å². The maximum absolute atomic E-state index is 13.5. The fourth-order valence-corrected chi connectivity index (χ4v) is 6.14. The third-order valence-corrected chi connectivity index (χ3v) is 8.29. The number of aryl methyl sites for hydroxylation is 2. The van der Waals surface area contributed by atoms with Crippen LogP contribution in [0.15, 0.2) is 27.9 Å². The van der Waals surface area contributed by atoms with Crippen LogP contribution in [-0.4, -0.2) is 71.6 Å². The lowest BCUT2D eigenvalue weighted by atomic mass is 10.2. The summed E-state index contributed by atoms with van der Waals surface area (Å²) in [7, 11) is -3.70. The van der Waals surface area contributed by atoms with Gasteiger partial charge in [0, 0.05) is 6.42 Å². The molecular weight excluding hydrogens is 468 g/mol. The van der Waals surface area contributed by atoms with Gasteiger partial charge in [-0.3, -0.25) is 4.79 Å². The molecule has 0 atom stereocenters. The van der Waals surface area contributed by atoms with E-state index < -0.39 is 10.0 Å². The van der Waals surface area contributed by atoms with Crippen molar-refractivity contribution in [1.29, 1.82) is 0 Å². The van der Waals surface area contributed by atoms with E-state index in [-0.39, 0.29) is 16.3 Å². The summed E-state index contributed by atoms with van der Waals surface area (Å²) in [4.78, 5) is 21.9. The summed E-state index contributed by atoms with van der Waals surface area (Å²) in [6.45, 7) is 11.8. The van der Waals surface area contributed by atoms with Gasteiger partial charge in [-0.15, -0.1) is 5.10 Å². The number of aromatic nitrogens is 4. The van der Waals surface area contributed by atoms with Crippen LogP contribution in [0, 0.1) is 6.92 Å². The Balaban J connectivity index is 1.78.